The predicted molar refractivity (Wildman–Crippen MR) is 88.7 cm³/mol. The Kier molecular flexibility index (Phi) is 4.51. The molecule has 1 aliphatic heterocycles. The van der Waals surface area contributed by atoms with E-state index in [1.54, 1.807) is 0 Å². The molecular weight excluding hydrogens is 369 g/mol. The van der Waals surface area contributed by atoms with Crippen molar-refractivity contribution in [3.63, 3.8) is 0 Å². The predicted octanol–water partition coefficient (Wildman–Crippen LogP) is 4.35. The standard InChI is InChI=1S/C15H22INOS/c1-2-17-14(12-8-13(16)19-10-12)11-4-7-18-15(9-11)5-3-6-15/h8,10-11,14,17H,2-7,9H2,1H3. The van der Waals surface area contributed by atoms with Crippen LogP contribution in [0, 0.1) is 8.80 Å². The molecule has 2 unspecified atom stereocenters. The Bertz CT molecular complexity index is 430. The van der Waals surface area contributed by atoms with Gasteiger partial charge in [-0.15, -0.1) is 11.3 Å². The molecule has 1 aliphatic carbocycles. The van der Waals surface area contributed by atoms with Crippen LogP contribution in [0.3, 0.4) is 0 Å². The topological polar surface area (TPSA) is 21.3 Å². The first-order valence-electron chi connectivity index (χ1n) is 7.34. The molecular formula is C15H22INOS. The van der Waals surface area contributed by atoms with E-state index >= 15 is 0 Å². The van der Waals surface area contributed by atoms with Crippen molar-refractivity contribution in [3.05, 3.63) is 19.9 Å². The first-order valence-corrected chi connectivity index (χ1v) is 9.29. The maximum Gasteiger partial charge on any atom is 0.0686 e. The fourth-order valence-corrected chi connectivity index (χ4v) is 4.94. The molecule has 1 spiro atoms. The van der Waals surface area contributed by atoms with Crippen LogP contribution in [0.4, 0.5) is 0 Å². The second-order valence-corrected chi connectivity index (χ2v) is 8.66. The number of hydrogen-bond acceptors (Lipinski definition) is 3. The zero-order valence-electron chi connectivity index (χ0n) is 11.5. The van der Waals surface area contributed by atoms with Crippen LogP contribution in [-0.4, -0.2) is 18.8 Å². The Morgan fingerprint density at radius 1 is 1.58 bits per heavy atom. The van der Waals surface area contributed by atoms with Gasteiger partial charge in [0.25, 0.3) is 0 Å². The monoisotopic (exact) mass is 391 g/mol. The molecule has 1 N–H and O–H groups in total. The summed E-state index contributed by atoms with van der Waals surface area (Å²) in [5.74, 6) is 0.736. The van der Waals surface area contributed by atoms with Gasteiger partial charge < -0.3 is 10.1 Å². The van der Waals surface area contributed by atoms with E-state index in [9.17, 15) is 0 Å². The van der Waals surface area contributed by atoms with Crippen molar-refractivity contribution < 1.29 is 4.74 Å². The summed E-state index contributed by atoms with van der Waals surface area (Å²) in [5.41, 5.74) is 1.73. The molecule has 2 heterocycles. The van der Waals surface area contributed by atoms with E-state index in [-0.39, 0.29) is 5.60 Å². The third-order valence-electron chi connectivity index (χ3n) is 4.64. The normalized spacial score (nSPS) is 27.2. The Hall–Kier alpha value is 0.350. The zero-order chi connectivity index (χ0) is 13.3. The summed E-state index contributed by atoms with van der Waals surface area (Å²) < 4.78 is 7.46. The quantitative estimate of drug-likeness (QED) is 0.771. The van der Waals surface area contributed by atoms with Gasteiger partial charge >= 0.3 is 0 Å². The minimum atomic E-state index is 0.250. The Labute approximate surface area is 133 Å². The summed E-state index contributed by atoms with van der Waals surface area (Å²) in [5, 5.41) is 6.05. The average Bonchev–Trinajstić information content (AvgIpc) is 2.80. The van der Waals surface area contributed by atoms with E-state index in [4.69, 9.17) is 4.74 Å². The van der Waals surface area contributed by atoms with Crippen LogP contribution in [0.5, 0.6) is 0 Å². The van der Waals surface area contributed by atoms with Crippen molar-refractivity contribution in [2.24, 2.45) is 5.92 Å². The summed E-state index contributed by atoms with van der Waals surface area (Å²) in [6.45, 7) is 4.21. The van der Waals surface area contributed by atoms with Crippen molar-refractivity contribution in [2.75, 3.05) is 13.2 Å². The van der Waals surface area contributed by atoms with Gasteiger partial charge in [0.05, 0.1) is 8.48 Å². The van der Waals surface area contributed by atoms with Crippen molar-refractivity contribution >= 4 is 33.9 Å². The van der Waals surface area contributed by atoms with Gasteiger partial charge in [0.15, 0.2) is 0 Å². The first-order chi connectivity index (χ1) is 9.22. The molecule has 0 amide bonds. The molecule has 2 atom stereocenters. The van der Waals surface area contributed by atoms with Crippen molar-refractivity contribution in [1.82, 2.24) is 5.32 Å². The van der Waals surface area contributed by atoms with Gasteiger partial charge in [0, 0.05) is 12.6 Å². The summed E-state index contributed by atoms with van der Waals surface area (Å²) in [7, 11) is 0. The van der Waals surface area contributed by atoms with Crippen molar-refractivity contribution in [1.29, 1.82) is 0 Å². The van der Waals surface area contributed by atoms with E-state index in [2.05, 4.69) is 46.3 Å². The van der Waals surface area contributed by atoms with Crippen LogP contribution < -0.4 is 5.32 Å². The molecule has 1 saturated carbocycles. The van der Waals surface area contributed by atoms with Crippen LogP contribution in [0.1, 0.15) is 50.6 Å². The molecule has 4 heteroatoms. The lowest BCUT2D eigenvalue weighted by Gasteiger charge is -2.48. The molecule has 2 aliphatic rings. The Balaban J connectivity index is 1.75. The van der Waals surface area contributed by atoms with Gasteiger partial charge in [-0.25, -0.2) is 0 Å². The van der Waals surface area contributed by atoms with Crippen LogP contribution >= 0.6 is 33.9 Å². The van der Waals surface area contributed by atoms with Gasteiger partial charge in [0.1, 0.15) is 0 Å². The number of ether oxygens (including phenoxy) is 1. The number of thiophene rings is 1. The summed E-state index contributed by atoms with van der Waals surface area (Å²) in [6.07, 6.45) is 6.37. The van der Waals surface area contributed by atoms with Gasteiger partial charge in [0.2, 0.25) is 0 Å². The largest absolute Gasteiger partial charge is 0.375 e. The second-order valence-electron chi connectivity index (χ2n) is 5.86. The van der Waals surface area contributed by atoms with Crippen molar-refractivity contribution in [3.8, 4) is 0 Å². The van der Waals surface area contributed by atoms with Crippen LogP contribution in [0.25, 0.3) is 0 Å². The molecule has 3 rings (SSSR count). The number of nitrogens with one attached hydrogen (secondary N) is 1. The first kappa shape index (κ1) is 14.3. The van der Waals surface area contributed by atoms with E-state index < -0.39 is 0 Å². The second kappa shape index (κ2) is 6.00. The average molecular weight is 391 g/mol. The van der Waals surface area contributed by atoms with Crippen LogP contribution in [0.15, 0.2) is 11.4 Å². The lowest BCUT2D eigenvalue weighted by atomic mass is 9.70. The molecule has 2 fully saturated rings. The minimum absolute atomic E-state index is 0.250. The molecule has 1 saturated heterocycles. The molecule has 0 radical (unpaired) electrons. The smallest absolute Gasteiger partial charge is 0.0686 e. The number of halogens is 1. The Morgan fingerprint density at radius 2 is 2.42 bits per heavy atom. The van der Waals surface area contributed by atoms with Crippen LogP contribution in [0.2, 0.25) is 0 Å². The molecule has 0 bridgehead atoms. The third-order valence-corrected chi connectivity index (χ3v) is 6.45. The van der Waals surface area contributed by atoms with Gasteiger partial charge in [-0.1, -0.05) is 6.92 Å². The molecule has 1 aromatic rings. The van der Waals surface area contributed by atoms with Crippen LogP contribution in [-0.2, 0) is 4.74 Å². The Morgan fingerprint density at radius 3 is 3.00 bits per heavy atom. The number of hydrogen-bond donors (Lipinski definition) is 1. The highest BCUT2D eigenvalue weighted by atomic mass is 127. The van der Waals surface area contributed by atoms with Gasteiger partial charge in [-0.2, -0.15) is 0 Å². The summed E-state index contributed by atoms with van der Waals surface area (Å²) in [4.78, 5) is 0. The molecule has 2 nitrogen and oxygen atoms in total. The summed E-state index contributed by atoms with van der Waals surface area (Å²) >= 11 is 4.28. The number of rotatable bonds is 4. The molecule has 0 aromatic carbocycles. The fraction of sp³-hybridized carbons (Fsp3) is 0.733. The van der Waals surface area contributed by atoms with E-state index in [1.165, 1.54) is 40.6 Å². The lowest BCUT2D eigenvalue weighted by Crippen LogP contribution is -2.48. The molecule has 1 aromatic heterocycles. The highest BCUT2D eigenvalue weighted by molar-refractivity contribution is 14.1. The molecule has 106 valence electrons. The maximum atomic E-state index is 6.07. The SMILES string of the molecule is CCNC(c1csc(I)c1)C1CCOC2(CCC2)C1. The fourth-order valence-electron chi connectivity index (χ4n) is 3.53. The third kappa shape index (κ3) is 3.01. The van der Waals surface area contributed by atoms with Gasteiger partial charge in [-0.3, -0.25) is 0 Å². The minimum Gasteiger partial charge on any atom is -0.375 e. The molecule has 19 heavy (non-hydrogen) atoms. The maximum absolute atomic E-state index is 6.07. The highest BCUT2D eigenvalue weighted by Crippen LogP contribution is 2.47. The van der Waals surface area contributed by atoms with E-state index in [1.807, 2.05) is 11.3 Å². The lowest BCUT2D eigenvalue weighted by molar-refractivity contribution is -0.147. The van der Waals surface area contributed by atoms with Gasteiger partial charge in [-0.05, 0) is 84.2 Å². The van der Waals surface area contributed by atoms with E-state index in [0.717, 1.165) is 19.1 Å². The van der Waals surface area contributed by atoms with E-state index in [0.29, 0.717) is 6.04 Å². The summed E-state index contributed by atoms with van der Waals surface area (Å²) in [6, 6.07) is 2.87. The highest BCUT2D eigenvalue weighted by Gasteiger charge is 2.44. The van der Waals surface area contributed by atoms with Crippen molar-refractivity contribution in [2.45, 2.75) is 50.7 Å². The zero-order valence-corrected chi connectivity index (χ0v) is 14.4.